The quantitative estimate of drug-likeness (QED) is 0.416. The van der Waals surface area contributed by atoms with Gasteiger partial charge in [-0.25, -0.2) is 0 Å². The van der Waals surface area contributed by atoms with Crippen molar-refractivity contribution in [2.75, 3.05) is 0 Å². The molecule has 0 bridgehead atoms. The van der Waals surface area contributed by atoms with Crippen LogP contribution in [0.25, 0.3) is 11.0 Å². The highest BCUT2D eigenvalue weighted by Gasteiger charge is 2.11. The summed E-state index contributed by atoms with van der Waals surface area (Å²) in [7, 11) is 0. The van der Waals surface area contributed by atoms with Crippen LogP contribution in [0.1, 0.15) is 22.3 Å². The summed E-state index contributed by atoms with van der Waals surface area (Å²) < 4.78 is 17.4. The van der Waals surface area contributed by atoms with Gasteiger partial charge in [0.25, 0.3) is 0 Å². The third kappa shape index (κ3) is 4.16. The Morgan fingerprint density at radius 2 is 1.69 bits per heavy atom. The van der Waals surface area contributed by atoms with Gasteiger partial charge in [-0.1, -0.05) is 42.0 Å². The van der Waals surface area contributed by atoms with Crippen LogP contribution in [0.15, 0.2) is 76.1 Å². The molecular formula is C25H22O4. The molecule has 4 aromatic rings. The monoisotopic (exact) mass is 386 g/mol. The fourth-order valence-electron chi connectivity index (χ4n) is 3.16. The Hall–Kier alpha value is -3.53. The van der Waals surface area contributed by atoms with Gasteiger partial charge < -0.3 is 13.9 Å². The topological polar surface area (TPSA) is 48.7 Å². The third-order valence-corrected chi connectivity index (χ3v) is 4.77. The molecule has 0 radical (unpaired) electrons. The summed E-state index contributed by atoms with van der Waals surface area (Å²) in [4.78, 5) is 12.8. The van der Waals surface area contributed by atoms with Gasteiger partial charge in [-0.2, -0.15) is 0 Å². The Balaban J connectivity index is 1.58. The molecule has 4 nitrogen and oxygen atoms in total. The molecule has 0 atom stereocenters. The van der Waals surface area contributed by atoms with Crippen LogP contribution in [0.3, 0.4) is 0 Å². The Labute approximate surface area is 169 Å². The van der Waals surface area contributed by atoms with Crippen LogP contribution in [-0.4, -0.2) is 0 Å². The maximum atomic E-state index is 12.8. The van der Waals surface area contributed by atoms with Crippen molar-refractivity contribution in [1.82, 2.24) is 0 Å². The molecule has 0 N–H and O–H groups in total. The molecule has 0 unspecified atom stereocenters. The lowest BCUT2D eigenvalue weighted by Gasteiger charge is -2.10. The van der Waals surface area contributed by atoms with E-state index >= 15 is 0 Å². The van der Waals surface area contributed by atoms with E-state index in [1.807, 2.05) is 57.2 Å². The summed E-state index contributed by atoms with van der Waals surface area (Å²) in [6, 6.07) is 19.2. The first-order valence-corrected chi connectivity index (χ1v) is 9.48. The molecule has 29 heavy (non-hydrogen) atoms. The van der Waals surface area contributed by atoms with E-state index in [-0.39, 0.29) is 11.2 Å². The normalized spacial score (nSPS) is 10.9. The highest BCUT2D eigenvalue weighted by atomic mass is 16.5. The summed E-state index contributed by atoms with van der Waals surface area (Å²) in [6.07, 6.45) is 1.36. The molecule has 0 aliphatic carbocycles. The minimum absolute atomic E-state index is 0.166. The van der Waals surface area contributed by atoms with Crippen LogP contribution in [0, 0.1) is 20.8 Å². The standard InChI is InChI=1S/C25H22O4/c1-16-5-4-6-19(11-16)14-27-20-9-10-21-23(13-20)28-15-24(25(21)26)29-22-12-17(2)7-8-18(22)3/h4-13,15H,14H2,1-3H3. The predicted molar refractivity (Wildman–Crippen MR) is 114 cm³/mol. The first-order valence-electron chi connectivity index (χ1n) is 9.48. The van der Waals surface area contributed by atoms with E-state index in [4.69, 9.17) is 13.9 Å². The molecule has 0 fully saturated rings. The van der Waals surface area contributed by atoms with Gasteiger partial charge in [-0.05, 0) is 55.7 Å². The molecule has 0 saturated carbocycles. The maximum absolute atomic E-state index is 12.8. The minimum Gasteiger partial charge on any atom is -0.489 e. The van der Waals surface area contributed by atoms with Crippen molar-refractivity contribution < 1.29 is 13.9 Å². The number of ether oxygens (including phenoxy) is 2. The summed E-state index contributed by atoms with van der Waals surface area (Å²) >= 11 is 0. The molecule has 3 aromatic carbocycles. The summed E-state index contributed by atoms with van der Waals surface area (Å²) in [5.74, 6) is 1.46. The van der Waals surface area contributed by atoms with E-state index in [9.17, 15) is 4.79 Å². The molecule has 4 heteroatoms. The Kier molecular flexibility index (Phi) is 5.09. The number of hydrogen-bond acceptors (Lipinski definition) is 4. The van der Waals surface area contributed by atoms with Crippen LogP contribution < -0.4 is 14.9 Å². The van der Waals surface area contributed by atoms with E-state index in [0.717, 1.165) is 16.7 Å². The van der Waals surface area contributed by atoms with Crippen LogP contribution in [0.4, 0.5) is 0 Å². The number of rotatable bonds is 5. The molecule has 0 saturated heterocycles. The van der Waals surface area contributed by atoms with E-state index in [0.29, 0.717) is 29.1 Å². The number of fused-ring (bicyclic) bond motifs is 1. The molecule has 1 aromatic heterocycles. The van der Waals surface area contributed by atoms with Crippen molar-refractivity contribution in [1.29, 1.82) is 0 Å². The molecule has 0 aliphatic heterocycles. The second-order valence-electron chi connectivity index (χ2n) is 7.24. The van der Waals surface area contributed by atoms with E-state index in [1.165, 1.54) is 11.8 Å². The van der Waals surface area contributed by atoms with Crippen molar-refractivity contribution in [2.24, 2.45) is 0 Å². The van der Waals surface area contributed by atoms with Gasteiger partial charge in [0.05, 0.1) is 5.39 Å². The minimum atomic E-state index is -0.211. The zero-order valence-electron chi connectivity index (χ0n) is 16.7. The zero-order chi connectivity index (χ0) is 20.4. The fourth-order valence-corrected chi connectivity index (χ4v) is 3.16. The lowest BCUT2D eigenvalue weighted by Crippen LogP contribution is -2.05. The molecule has 0 spiro atoms. The highest BCUT2D eigenvalue weighted by molar-refractivity contribution is 5.79. The Morgan fingerprint density at radius 3 is 2.52 bits per heavy atom. The Bertz CT molecular complexity index is 1240. The second kappa shape index (κ2) is 7.84. The fraction of sp³-hybridized carbons (Fsp3) is 0.160. The molecular weight excluding hydrogens is 364 g/mol. The van der Waals surface area contributed by atoms with Gasteiger partial charge in [0, 0.05) is 6.07 Å². The number of hydrogen-bond donors (Lipinski definition) is 0. The van der Waals surface area contributed by atoms with Crippen LogP contribution in [0.2, 0.25) is 0 Å². The number of aryl methyl sites for hydroxylation is 3. The van der Waals surface area contributed by atoms with Crippen molar-refractivity contribution in [3.8, 4) is 17.2 Å². The van der Waals surface area contributed by atoms with Crippen molar-refractivity contribution in [3.05, 3.63) is 99.4 Å². The Morgan fingerprint density at radius 1 is 0.862 bits per heavy atom. The molecule has 146 valence electrons. The van der Waals surface area contributed by atoms with Gasteiger partial charge in [0.2, 0.25) is 11.2 Å². The smallest absolute Gasteiger partial charge is 0.235 e. The van der Waals surface area contributed by atoms with Gasteiger partial charge in [0.15, 0.2) is 0 Å². The molecule has 0 amide bonds. The summed E-state index contributed by atoms with van der Waals surface area (Å²) in [6.45, 7) is 6.42. The van der Waals surface area contributed by atoms with Crippen molar-refractivity contribution in [3.63, 3.8) is 0 Å². The van der Waals surface area contributed by atoms with Crippen molar-refractivity contribution >= 4 is 11.0 Å². The largest absolute Gasteiger partial charge is 0.489 e. The SMILES string of the molecule is Cc1cccc(COc2ccc3c(=O)c(Oc4cc(C)ccc4C)coc3c2)c1. The molecule has 0 aliphatic rings. The third-order valence-electron chi connectivity index (χ3n) is 4.77. The lowest BCUT2D eigenvalue weighted by molar-refractivity contribution is 0.306. The first kappa shape index (κ1) is 18.8. The van der Waals surface area contributed by atoms with Gasteiger partial charge >= 0.3 is 0 Å². The van der Waals surface area contributed by atoms with Crippen LogP contribution in [-0.2, 0) is 6.61 Å². The van der Waals surface area contributed by atoms with E-state index in [1.54, 1.807) is 18.2 Å². The van der Waals surface area contributed by atoms with Crippen LogP contribution >= 0.6 is 0 Å². The van der Waals surface area contributed by atoms with Crippen molar-refractivity contribution in [2.45, 2.75) is 27.4 Å². The average molecular weight is 386 g/mol. The second-order valence-corrected chi connectivity index (χ2v) is 7.24. The predicted octanol–water partition coefficient (Wildman–Crippen LogP) is 6.09. The van der Waals surface area contributed by atoms with E-state index < -0.39 is 0 Å². The number of benzene rings is 3. The van der Waals surface area contributed by atoms with E-state index in [2.05, 4.69) is 6.07 Å². The zero-order valence-corrected chi connectivity index (χ0v) is 16.7. The summed E-state index contributed by atoms with van der Waals surface area (Å²) in [5, 5.41) is 0.454. The molecule has 1 heterocycles. The maximum Gasteiger partial charge on any atom is 0.235 e. The van der Waals surface area contributed by atoms with Gasteiger partial charge in [0.1, 0.15) is 30.0 Å². The lowest BCUT2D eigenvalue weighted by atomic mass is 10.1. The van der Waals surface area contributed by atoms with Gasteiger partial charge in [-0.15, -0.1) is 0 Å². The highest BCUT2D eigenvalue weighted by Crippen LogP contribution is 2.27. The van der Waals surface area contributed by atoms with Crippen LogP contribution in [0.5, 0.6) is 17.2 Å². The average Bonchev–Trinajstić information content (AvgIpc) is 2.71. The molecule has 4 rings (SSSR count). The summed E-state index contributed by atoms with van der Waals surface area (Å²) in [5.41, 5.74) is 4.54. The van der Waals surface area contributed by atoms with Gasteiger partial charge in [-0.3, -0.25) is 4.79 Å². The first-order chi connectivity index (χ1) is 14.0.